The predicted molar refractivity (Wildman–Crippen MR) is 126 cm³/mol. The molecule has 30 heavy (non-hydrogen) atoms. The second-order valence-electron chi connectivity index (χ2n) is 9.18. The van der Waals surface area contributed by atoms with Crippen LogP contribution in [0, 0.1) is 13.8 Å². The maximum atomic E-state index is 12.2. The summed E-state index contributed by atoms with van der Waals surface area (Å²) >= 11 is 0. The highest BCUT2D eigenvalue weighted by Crippen LogP contribution is 2.23. The third-order valence-electron chi connectivity index (χ3n) is 5.47. The van der Waals surface area contributed by atoms with E-state index in [0.717, 1.165) is 45.2 Å². The average Bonchev–Trinajstić information content (AvgIpc) is 2.66. The predicted octanol–water partition coefficient (Wildman–Crippen LogP) is 1.85. The zero-order valence-corrected chi connectivity index (χ0v) is 19.9. The van der Waals surface area contributed by atoms with Gasteiger partial charge in [-0.25, -0.2) is 0 Å². The number of carbonyl (C=O) groups excluding carboxylic acids is 1. The molecule has 2 rings (SSSR count). The molecule has 1 fully saturated rings. The molecule has 7 heteroatoms. The van der Waals surface area contributed by atoms with E-state index in [1.165, 1.54) is 16.8 Å². The van der Waals surface area contributed by atoms with Crippen LogP contribution in [-0.2, 0) is 4.79 Å². The van der Waals surface area contributed by atoms with Crippen LogP contribution in [-0.4, -0.2) is 87.1 Å². The van der Waals surface area contributed by atoms with Crippen molar-refractivity contribution < 1.29 is 4.79 Å². The van der Waals surface area contributed by atoms with Gasteiger partial charge in [0.15, 0.2) is 5.96 Å². The van der Waals surface area contributed by atoms with Crippen LogP contribution in [0.2, 0.25) is 0 Å². The van der Waals surface area contributed by atoms with Gasteiger partial charge in [-0.3, -0.25) is 14.7 Å². The zero-order valence-electron chi connectivity index (χ0n) is 19.9. The minimum atomic E-state index is -0.228. The molecule has 168 valence electrons. The highest BCUT2D eigenvalue weighted by atomic mass is 16.2. The molecule has 1 aromatic carbocycles. The molecule has 0 saturated carbocycles. The van der Waals surface area contributed by atoms with Crippen LogP contribution in [0.25, 0.3) is 0 Å². The molecule has 0 unspecified atom stereocenters. The fraction of sp³-hybridized carbons (Fsp3) is 0.652. The number of likely N-dealkylation sites (N-methyl/N-ethyl adjacent to an activating group) is 1. The lowest BCUT2D eigenvalue weighted by Gasteiger charge is -2.37. The molecule has 0 aliphatic carbocycles. The largest absolute Gasteiger partial charge is 0.369 e. The Hall–Kier alpha value is -2.28. The van der Waals surface area contributed by atoms with Crippen LogP contribution in [0.3, 0.4) is 0 Å². The summed E-state index contributed by atoms with van der Waals surface area (Å²) in [7, 11) is 3.64. The van der Waals surface area contributed by atoms with Crippen molar-refractivity contribution in [1.82, 2.24) is 20.4 Å². The summed E-state index contributed by atoms with van der Waals surface area (Å²) < 4.78 is 0. The van der Waals surface area contributed by atoms with Crippen molar-refractivity contribution in [3.63, 3.8) is 0 Å². The molecular weight excluding hydrogens is 376 g/mol. The summed E-state index contributed by atoms with van der Waals surface area (Å²) in [6.07, 6.45) is 0. The van der Waals surface area contributed by atoms with Gasteiger partial charge in [-0.05, 0) is 51.8 Å². The quantitative estimate of drug-likeness (QED) is 0.547. The lowest BCUT2D eigenvalue weighted by Crippen LogP contribution is -2.51. The van der Waals surface area contributed by atoms with Gasteiger partial charge in [0.05, 0.1) is 6.54 Å². The number of guanidine groups is 1. The Bertz CT molecular complexity index is 732. The molecule has 0 atom stereocenters. The van der Waals surface area contributed by atoms with Crippen LogP contribution in [0.4, 0.5) is 5.69 Å². The second-order valence-corrected chi connectivity index (χ2v) is 9.18. The molecule has 0 bridgehead atoms. The molecule has 1 heterocycles. The van der Waals surface area contributed by atoms with Crippen LogP contribution in [0.5, 0.6) is 0 Å². The first kappa shape index (κ1) is 24.0. The molecule has 0 aromatic heterocycles. The van der Waals surface area contributed by atoms with Gasteiger partial charge in [0.1, 0.15) is 0 Å². The summed E-state index contributed by atoms with van der Waals surface area (Å²) in [4.78, 5) is 23.3. The van der Waals surface area contributed by atoms with Crippen molar-refractivity contribution >= 4 is 17.6 Å². The molecule has 1 saturated heterocycles. The third kappa shape index (κ3) is 7.20. The van der Waals surface area contributed by atoms with Gasteiger partial charge >= 0.3 is 0 Å². The van der Waals surface area contributed by atoms with Gasteiger partial charge in [0.25, 0.3) is 0 Å². The number of aryl methyl sites for hydroxylation is 1. The fourth-order valence-electron chi connectivity index (χ4n) is 3.75. The lowest BCUT2D eigenvalue weighted by atomic mass is 10.1. The number of hydrogen-bond donors (Lipinski definition) is 2. The number of aliphatic imine (C=N–C) groups is 1. The Morgan fingerprint density at radius 2 is 1.83 bits per heavy atom. The summed E-state index contributed by atoms with van der Waals surface area (Å²) in [6.45, 7) is 16.6. The number of benzene rings is 1. The summed E-state index contributed by atoms with van der Waals surface area (Å²) in [6, 6.07) is 6.56. The van der Waals surface area contributed by atoms with Crippen LogP contribution < -0.4 is 15.5 Å². The molecule has 0 radical (unpaired) electrons. The van der Waals surface area contributed by atoms with Gasteiger partial charge < -0.3 is 20.4 Å². The highest BCUT2D eigenvalue weighted by molar-refractivity contribution is 5.86. The van der Waals surface area contributed by atoms with E-state index in [-0.39, 0.29) is 18.0 Å². The van der Waals surface area contributed by atoms with E-state index in [4.69, 9.17) is 0 Å². The maximum absolute atomic E-state index is 12.2. The first-order valence-corrected chi connectivity index (χ1v) is 10.9. The standard InChI is InChI=1S/C23H40N6O/c1-18-9-8-10-20(19(18)2)29-15-13-28(14-16-29)12-11-25-22(24-6)27(7)17-21(30)26-23(3,4)5/h8-10H,11-17H2,1-7H3,(H,24,25)(H,26,30). The van der Waals surface area contributed by atoms with Gasteiger partial charge in [0.2, 0.25) is 5.91 Å². The molecule has 1 amide bonds. The SMILES string of the molecule is CN=C(NCCN1CCN(c2cccc(C)c2C)CC1)N(C)CC(=O)NC(C)(C)C. The second kappa shape index (κ2) is 10.7. The van der Waals surface area contributed by atoms with Crippen LogP contribution in [0.1, 0.15) is 31.9 Å². The van der Waals surface area contributed by atoms with Crippen molar-refractivity contribution in [2.45, 2.75) is 40.2 Å². The molecule has 1 aromatic rings. The number of amides is 1. The van der Waals surface area contributed by atoms with Crippen molar-refractivity contribution in [3.8, 4) is 0 Å². The van der Waals surface area contributed by atoms with E-state index in [9.17, 15) is 4.79 Å². The number of nitrogens with one attached hydrogen (secondary N) is 2. The van der Waals surface area contributed by atoms with E-state index in [0.29, 0.717) is 0 Å². The maximum Gasteiger partial charge on any atom is 0.240 e. The lowest BCUT2D eigenvalue weighted by molar-refractivity contribution is -0.122. The first-order valence-electron chi connectivity index (χ1n) is 10.9. The topological polar surface area (TPSA) is 63.2 Å². The van der Waals surface area contributed by atoms with E-state index in [1.807, 2.05) is 32.7 Å². The normalized spacial score (nSPS) is 15.8. The highest BCUT2D eigenvalue weighted by Gasteiger charge is 2.19. The number of piperazine rings is 1. The number of hydrogen-bond acceptors (Lipinski definition) is 4. The van der Waals surface area contributed by atoms with Gasteiger partial charge in [-0.15, -0.1) is 0 Å². The zero-order chi connectivity index (χ0) is 22.3. The minimum absolute atomic E-state index is 0.00415. The van der Waals surface area contributed by atoms with Gasteiger partial charge in [-0.2, -0.15) is 0 Å². The van der Waals surface area contributed by atoms with Crippen LogP contribution >= 0.6 is 0 Å². The van der Waals surface area contributed by atoms with Crippen molar-refractivity contribution in [2.75, 3.05) is 64.8 Å². The molecule has 1 aliphatic heterocycles. The first-order chi connectivity index (χ1) is 14.1. The van der Waals surface area contributed by atoms with E-state index >= 15 is 0 Å². The van der Waals surface area contributed by atoms with E-state index < -0.39 is 0 Å². The Labute approximate surface area is 182 Å². The Balaban J connectivity index is 1.74. The number of anilines is 1. The minimum Gasteiger partial charge on any atom is -0.369 e. The number of rotatable bonds is 6. The smallest absolute Gasteiger partial charge is 0.240 e. The Morgan fingerprint density at radius 3 is 2.43 bits per heavy atom. The van der Waals surface area contributed by atoms with E-state index in [1.54, 1.807) is 7.05 Å². The molecule has 2 N–H and O–H groups in total. The van der Waals surface area contributed by atoms with Crippen molar-refractivity contribution in [3.05, 3.63) is 29.3 Å². The molecule has 1 aliphatic rings. The summed E-state index contributed by atoms with van der Waals surface area (Å²) in [5.41, 5.74) is 3.87. The summed E-state index contributed by atoms with van der Waals surface area (Å²) in [5.74, 6) is 0.739. The average molecular weight is 417 g/mol. The Morgan fingerprint density at radius 1 is 1.17 bits per heavy atom. The Kier molecular flexibility index (Phi) is 8.53. The molecule has 7 nitrogen and oxygen atoms in total. The monoisotopic (exact) mass is 416 g/mol. The van der Waals surface area contributed by atoms with Gasteiger partial charge in [0, 0.05) is 64.6 Å². The number of nitrogens with zero attached hydrogens (tertiary/aromatic N) is 4. The third-order valence-corrected chi connectivity index (χ3v) is 5.47. The van der Waals surface area contributed by atoms with Crippen LogP contribution in [0.15, 0.2) is 23.2 Å². The van der Waals surface area contributed by atoms with E-state index in [2.05, 4.69) is 57.5 Å². The number of carbonyl (C=O) groups is 1. The molecular formula is C23H40N6O. The van der Waals surface area contributed by atoms with Crippen molar-refractivity contribution in [1.29, 1.82) is 0 Å². The van der Waals surface area contributed by atoms with Crippen molar-refractivity contribution in [2.24, 2.45) is 4.99 Å². The fourth-order valence-corrected chi connectivity index (χ4v) is 3.75. The molecule has 0 spiro atoms. The van der Waals surface area contributed by atoms with Gasteiger partial charge in [-0.1, -0.05) is 12.1 Å². The summed E-state index contributed by atoms with van der Waals surface area (Å²) in [5, 5.41) is 6.37.